The normalized spacial score (nSPS) is 11.6. The maximum atomic E-state index is 10.7. The summed E-state index contributed by atoms with van der Waals surface area (Å²) in [5, 5.41) is 8.76. The van der Waals surface area contributed by atoms with Crippen molar-refractivity contribution in [3.05, 3.63) is 29.8 Å². The fourth-order valence-corrected chi connectivity index (χ4v) is 2.17. The number of alkyl halides is 2. The van der Waals surface area contributed by atoms with E-state index >= 15 is 0 Å². The van der Waals surface area contributed by atoms with Crippen LogP contribution in [-0.2, 0) is 11.2 Å². The van der Waals surface area contributed by atoms with Gasteiger partial charge in [0.1, 0.15) is 6.04 Å². The highest BCUT2D eigenvalue weighted by atomic mass is 35.5. The van der Waals surface area contributed by atoms with Crippen molar-refractivity contribution in [2.75, 3.05) is 29.7 Å². The maximum Gasteiger partial charge on any atom is 0.320 e. The third kappa shape index (κ3) is 6.34. The third-order valence-electron chi connectivity index (χ3n) is 2.78. The summed E-state index contributed by atoms with van der Waals surface area (Å²) in [6.07, 6.45) is 0.320. The fraction of sp³-hybridized carbons (Fsp3) is 0.462. The van der Waals surface area contributed by atoms with Crippen LogP contribution in [0.3, 0.4) is 0 Å². The van der Waals surface area contributed by atoms with Crippen LogP contribution in [0.1, 0.15) is 5.56 Å². The first-order valence-electron chi connectivity index (χ1n) is 6.02. The Morgan fingerprint density at radius 1 is 1.20 bits per heavy atom. The van der Waals surface area contributed by atoms with Crippen LogP contribution in [0.5, 0.6) is 0 Å². The van der Waals surface area contributed by atoms with E-state index in [0.717, 1.165) is 24.3 Å². The van der Waals surface area contributed by atoms with Gasteiger partial charge in [0, 0.05) is 30.5 Å². The number of rotatable bonds is 8. The van der Waals surface area contributed by atoms with Gasteiger partial charge in [0.25, 0.3) is 0 Å². The summed E-state index contributed by atoms with van der Waals surface area (Å²) < 4.78 is 0. The van der Waals surface area contributed by atoms with Gasteiger partial charge >= 0.3 is 5.97 Å². The SMILES string of the molecule is NC(Cc1ccc(N(CCCl)CCCl)cc1)C(=O)O.[AlH3]. The van der Waals surface area contributed by atoms with Gasteiger partial charge in [0.15, 0.2) is 17.4 Å². The molecule has 0 heterocycles. The molecule has 0 aromatic heterocycles. The highest BCUT2D eigenvalue weighted by Crippen LogP contribution is 2.16. The molecular formula is C13H21AlCl2N2O2. The zero-order valence-corrected chi connectivity index (χ0v) is 12.1. The van der Waals surface area contributed by atoms with Crippen LogP contribution in [0.15, 0.2) is 24.3 Å². The summed E-state index contributed by atoms with van der Waals surface area (Å²) in [4.78, 5) is 12.8. The van der Waals surface area contributed by atoms with Crippen molar-refractivity contribution in [1.82, 2.24) is 0 Å². The minimum atomic E-state index is -0.991. The number of hydrogen-bond donors (Lipinski definition) is 2. The van der Waals surface area contributed by atoms with Crippen molar-refractivity contribution >= 4 is 52.2 Å². The second-order valence-electron chi connectivity index (χ2n) is 4.18. The van der Waals surface area contributed by atoms with Crippen molar-refractivity contribution < 1.29 is 9.90 Å². The molecule has 1 atom stereocenters. The molecule has 0 amide bonds. The molecule has 1 unspecified atom stereocenters. The van der Waals surface area contributed by atoms with Crippen LogP contribution in [0, 0.1) is 0 Å². The highest BCUT2D eigenvalue weighted by Gasteiger charge is 2.12. The molecule has 1 aromatic carbocycles. The summed E-state index contributed by atoms with van der Waals surface area (Å²) >= 11 is 11.5. The number of carboxylic acid groups (broad SMARTS) is 1. The first-order chi connectivity index (χ1) is 9.08. The Morgan fingerprint density at radius 3 is 2.10 bits per heavy atom. The molecule has 1 aromatic rings. The van der Waals surface area contributed by atoms with Crippen molar-refractivity contribution in [3.63, 3.8) is 0 Å². The van der Waals surface area contributed by atoms with Crippen LogP contribution in [0.2, 0.25) is 0 Å². The van der Waals surface area contributed by atoms with E-state index in [-0.39, 0.29) is 17.4 Å². The average molecular weight is 335 g/mol. The summed E-state index contributed by atoms with van der Waals surface area (Å²) in [5.41, 5.74) is 7.42. The van der Waals surface area contributed by atoms with Crippen LogP contribution < -0.4 is 10.6 Å². The standard InChI is InChI=1S/C13H18Cl2N2O2.Al.3H/c14-5-7-17(8-6-15)11-3-1-10(2-4-11)9-12(16)13(18)19;;;;/h1-4,12H,5-9,16H2,(H,18,19);;;;. The topological polar surface area (TPSA) is 66.6 Å². The zero-order valence-electron chi connectivity index (χ0n) is 10.6. The van der Waals surface area contributed by atoms with E-state index in [2.05, 4.69) is 4.90 Å². The zero-order chi connectivity index (χ0) is 14.3. The lowest BCUT2D eigenvalue weighted by Gasteiger charge is -2.23. The first kappa shape index (κ1) is 19.6. The van der Waals surface area contributed by atoms with Gasteiger partial charge in [-0.1, -0.05) is 12.1 Å². The van der Waals surface area contributed by atoms with E-state index in [4.69, 9.17) is 34.0 Å². The van der Waals surface area contributed by atoms with Crippen molar-refractivity contribution in [2.24, 2.45) is 5.73 Å². The molecule has 112 valence electrons. The van der Waals surface area contributed by atoms with E-state index in [9.17, 15) is 4.79 Å². The molecule has 1 rings (SSSR count). The molecule has 0 saturated carbocycles. The van der Waals surface area contributed by atoms with Gasteiger partial charge in [0.2, 0.25) is 0 Å². The van der Waals surface area contributed by atoms with Crippen molar-refractivity contribution in [3.8, 4) is 0 Å². The number of halogens is 2. The van der Waals surface area contributed by atoms with Crippen molar-refractivity contribution in [2.45, 2.75) is 12.5 Å². The lowest BCUT2D eigenvalue weighted by Crippen LogP contribution is -2.32. The first-order valence-corrected chi connectivity index (χ1v) is 7.09. The van der Waals surface area contributed by atoms with E-state index in [1.807, 2.05) is 24.3 Å². The molecular weight excluding hydrogens is 314 g/mol. The van der Waals surface area contributed by atoms with Gasteiger partial charge in [-0.25, -0.2) is 0 Å². The minimum absolute atomic E-state index is 0. The molecule has 0 spiro atoms. The van der Waals surface area contributed by atoms with Gasteiger partial charge in [-0.3, -0.25) is 4.79 Å². The number of hydrogen-bond acceptors (Lipinski definition) is 3. The second kappa shape index (κ2) is 10.3. The van der Waals surface area contributed by atoms with Crippen LogP contribution in [-0.4, -0.2) is 59.3 Å². The van der Waals surface area contributed by atoms with Crippen molar-refractivity contribution in [1.29, 1.82) is 0 Å². The number of carboxylic acids is 1. The average Bonchev–Trinajstić information content (AvgIpc) is 2.39. The maximum absolute atomic E-state index is 10.7. The Kier molecular flexibility index (Phi) is 10.1. The number of benzene rings is 1. The monoisotopic (exact) mass is 334 g/mol. The van der Waals surface area contributed by atoms with Gasteiger partial charge < -0.3 is 15.7 Å². The largest absolute Gasteiger partial charge is 0.480 e. The van der Waals surface area contributed by atoms with Gasteiger partial charge in [0.05, 0.1) is 0 Å². The van der Waals surface area contributed by atoms with E-state index < -0.39 is 12.0 Å². The molecule has 4 nitrogen and oxygen atoms in total. The summed E-state index contributed by atoms with van der Waals surface area (Å²) in [6, 6.07) is 6.76. The molecule has 3 N–H and O–H groups in total. The van der Waals surface area contributed by atoms with E-state index in [0.29, 0.717) is 18.2 Å². The second-order valence-corrected chi connectivity index (χ2v) is 4.94. The Balaban J connectivity index is 0.00000361. The molecule has 0 bridgehead atoms. The quantitative estimate of drug-likeness (QED) is 0.543. The summed E-state index contributed by atoms with van der Waals surface area (Å²) in [7, 11) is 0. The molecule has 0 aliphatic rings. The van der Waals surface area contributed by atoms with Gasteiger partial charge in [-0.2, -0.15) is 0 Å². The van der Waals surface area contributed by atoms with Crippen LogP contribution >= 0.6 is 23.2 Å². The number of aliphatic carboxylic acids is 1. The predicted octanol–water partition coefficient (Wildman–Crippen LogP) is 0.741. The lowest BCUT2D eigenvalue weighted by molar-refractivity contribution is -0.138. The fourth-order valence-electron chi connectivity index (χ4n) is 1.76. The molecule has 0 fully saturated rings. The molecule has 0 aliphatic heterocycles. The Bertz CT molecular complexity index is 398. The molecule has 7 heteroatoms. The molecule has 0 aliphatic carbocycles. The summed E-state index contributed by atoms with van der Waals surface area (Å²) in [5.74, 6) is 0.0698. The van der Waals surface area contributed by atoms with Crippen LogP contribution in [0.25, 0.3) is 0 Å². The van der Waals surface area contributed by atoms with E-state index in [1.165, 1.54) is 0 Å². The van der Waals surface area contributed by atoms with Gasteiger partial charge in [-0.05, 0) is 24.1 Å². The lowest BCUT2D eigenvalue weighted by atomic mass is 10.1. The van der Waals surface area contributed by atoms with Gasteiger partial charge in [-0.15, -0.1) is 23.2 Å². The molecule has 0 radical (unpaired) electrons. The highest BCUT2D eigenvalue weighted by molar-refractivity contribution is 6.18. The molecule has 0 saturated heterocycles. The number of nitrogens with two attached hydrogens (primary N) is 1. The summed E-state index contributed by atoms with van der Waals surface area (Å²) in [6.45, 7) is 1.45. The smallest absolute Gasteiger partial charge is 0.320 e. The minimum Gasteiger partial charge on any atom is -0.480 e. The number of anilines is 1. The Morgan fingerprint density at radius 2 is 1.70 bits per heavy atom. The number of nitrogens with zero attached hydrogens (tertiary/aromatic N) is 1. The Hall–Kier alpha value is -0.438. The van der Waals surface area contributed by atoms with E-state index in [1.54, 1.807) is 0 Å². The number of carbonyl (C=O) groups is 1. The van der Waals surface area contributed by atoms with Crippen LogP contribution in [0.4, 0.5) is 5.69 Å². The predicted molar refractivity (Wildman–Crippen MR) is 89.3 cm³/mol. The Labute approximate surface area is 140 Å². The molecule has 20 heavy (non-hydrogen) atoms. The third-order valence-corrected chi connectivity index (χ3v) is 3.12.